The standard InChI is InChI=1S/C13H17FN2S/c1-4-13(3,5-2)16-11-7-6-9(14)8-10(11)15-12(16)17/h6-8H,4-5H2,1-3H3,(H,15,17). The molecule has 2 nitrogen and oxygen atoms in total. The van der Waals surface area contributed by atoms with Gasteiger partial charge in [-0.15, -0.1) is 0 Å². The average Bonchev–Trinajstić information content (AvgIpc) is 2.64. The average molecular weight is 252 g/mol. The molecule has 0 aliphatic heterocycles. The van der Waals surface area contributed by atoms with Crippen molar-refractivity contribution in [1.82, 2.24) is 9.55 Å². The maximum atomic E-state index is 13.2. The number of rotatable bonds is 3. The summed E-state index contributed by atoms with van der Waals surface area (Å²) in [5.41, 5.74) is 1.72. The molecule has 1 aromatic heterocycles. The molecule has 0 amide bonds. The Morgan fingerprint density at radius 3 is 2.59 bits per heavy atom. The summed E-state index contributed by atoms with van der Waals surface area (Å²) in [4.78, 5) is 3.08. The monoisotopic (exact) mass is 252 g/mol. The second-order valence-corrected chi connectivity index (χ2v) is 5.02. The molecule has 17 heavy (non-hydrogen) atoms. The molecule has 0 atom stereocenters. The molecular formula is C13H17FN2S. The van der Waals surface area contributed by atoms with Crippen LogP contribution in [-0.4, -0.2) is 9.55 Å². The highest BCUT2D eigenvalue weighted by Gasteiger charge is 2.24. The Kier molecular flexibility index (Phi) is 3.08. The van der Waals surface area contributed by atoms with Gasteiger partial charge in [0, 0.05) is 5.54 Å². The van der Waals surface area contributed by atoms with Crippen LogP contribution in [0, 0.1) is 10.6 Å². The summed E-state index contributed by atoms with van der Waals surface area (Å²) >= 11 is 5.36. The summed E-state index contributed by atoms with van der Waals surface area (Å²) in [5, 5.41) is 0. The first-order valence-electron chi connectivity index (χ1n) is 5.92. The minimum atomic E-state index is -0.240. The lowest BCUT2D eigenvalue weighted by Crippen LogP contribution is -2.28. The van der Waals surface area contributed by atoms with Crippen LogP contribution < -0.4 is 0 Å². The molecule has 0 aliphatic rings. The van der Waals surface area contributed by atoms with Crippen molar-refractivity contribution >= 4 is 23.3 Å². The van der Waals surface area contributed by atoms with Gasteiger partial charge in [-0.3, -0.25) is 0 Å². The van der Waals surface area contributed by atoms with E-state index in [1.54, 1.807) is 6.07 Å². The third-order valence-corrected chi connectivity index (χ3v) is 3.99. The summed E-state index contributed by atoms with van der Waals surface area (Å²) in [5.74, 6) is -0.240. The number of hydrogen-bond donors (Lipinski definition) is 1. The van der Waals surface area contributed by atoms with Gasteiger partial charge in [-0.05, 0) is 50.2 Å². The molecule has 0 spiro atoms. The first kappa shape index (κ1) is 12.3. The number of nitrogens with one attached hydrogen (secondary N) is 1. The molecule has 0 saturated heterocycles. The molecule has 0 fully saturated rings. The van der Waals surface area contributed by atoms with Gasteiger partial charge in [-0.1, -0.05) is 13.8 Å². The number of aromatic amines is 1. The molecule has 0 bridgehead atoms. The van der Waals surface area contributed by atoms with Gasteiger partial charge in [0.25, 0.3) is 0 Å². The summed E-state index contributed by atoms with van der Waals surface area (Å²) in [6, 6.07) is 4.76. The molecular weight excluding hydrogens is 235 g/mol. The number of halogens is 1. The highest BCUT2D eigenvalue weighted by Crippen LogP contribution is 2.29. The van der Waals surface area contributed by atoms with Crippen molar-refractivity contribution in [2.45, 2.75) is 39.2 Å². The van der Waals surface area contributed by atoms with Crippen molar-refractivity contribution in [3.63, 3.8) is 0 Å². The zero-order chi connectivity index (χ0) is 12.6. The topological polar surface area (TPSA) is 20.7 Å². The molecule has 92 valence electrons. The van der Waals surface area contributed by atoms with Crippen molar-refractivity contribution in [1.29, 1.82) is 0 Å². The van der Waals surface area contributed by atoms with E-state index in [2.05, 4.69) is 30.3 Å². The molecule has 1 N–H and O–H groups in total. The molecule has 2 rings (SSSR count). The number of imidazole rings is 1. The predicted molar refractivity (Wildman–Crippen MR) is 71.3 cm³/mol. The number of hydrogen-bond acceptors (Lipinski definition) is 1. The number of fused-ring (bicyclic) bond motifs is 1. The van der Waals surface area contributed by atoms with Gasteiger partial charge >= 0.3 is 0 Å². The summed E-state index contributed by atoms with van der Waals surface area (Å²) in [6.07, 6.45) is 1.98. The Morgan fingerprint density at radius 1 is 1.35 bits per heavy atom. The SMILES string of the molecule is CCC(C)(CC)n1c(=S)[nH]c2cc(F)ccc21. The van der Waals surface area contributed by atoms with Gasteiger partial charge in [-0.2, -0.15) is 0 Å². The Morgan fingerprint density at radius 2 is 2.00 bits per heavy atom. The van der Waals surface area contributed by atoms with Crippen LogP contribution in [0.4, 0.5) is 4.39 Å². The molecule has 0 radical (unpaired) electrons. The fourth-order valence-electron chi connectivity index (χ4n) is 2.19. The van der Waals surface area contributed by atoms with Crippen LogP contribution in [0.5, 0.6) is 0 Å². The van der Waals surface area contributed by atoms with Gasteiger partial charge in [0.1, 0.15) is 5.82 Å². The lowest BCUT2D eigenvalue weighted by molar-refractivity contribution is 0.299. The fourth-order valence-corrected chi connectivity index (χ4v) is 2.61. The first-order chi connectivity index (χ1) is 8.01. The Bertz CT molecular complexity index is 593. The highest BCUT2D eigenvalue weighted by atomic mass is 32.1. The molecule has 4 heteroatoms. The van der Waals surface area contributed by atoms with Crippen LogP contribution in [0.3, 0.4) is 0 Å². The van der Waals surface area contributed by atoms with E-state index in [9.17, 15) is 4.39 Å². The molecule has 1 aromatic carbocycles. The van der Waals surface area contributed by atoms with E-state index in [-0.39, 0.29) is 11.4 Å². The number of nitrogens with zero attached hydrogens (tertiary/aromatic N) is 1. The van der Waals surface area contributed by atoms with Gasteiger partial charge < -0.3 is 9.55 Å². The van der Waals surface area contributed by atoms with Crippen LogP contribution in [0.1, 0.15) is 33.6 Å². The zero-order valence-electron chi connectivity index (χ0n) is 10.4. The summed E-state index contributed by atoms with van der Waals surface area (Å²) in [7, 11) is 0. The van der Waals surface area contributed by atoms with E-state index in [1.807, 2.05) is 0 Å². The maximum absolute atomic E-state index is 13.2. The van der Waals surface area contributed by atoms with Crippen LogP contribution in [0.25, 0.3) is 11.0 Å². The Labute approximate surface area is 105 Å². The van der Waals surface area contributed by atoms with E-state index in [4.69, 9.17) is 12.2 Å². The van der Waals surface area contributed by atoms with E-state index in [0.29, 0.717) is 4.77 Å². The summed E-state index contributed by atoms with van der Waals surface area (Å²) < 4.78 is 15.9. The van der Waals surface area contributed by atoms with Crippen molar-refractivity contribution in [3.05, 3.63) is 28.8 Å². The van der Waals surface area contributed by atoms with Crippen molar-refractivity contribution in [3.8, 4) is 0 Å². The van der Waals surface area contributed by atoms with Gasteiger partial charge in [0.05, 0.1) is 11.0 Å². The summed E-state index contributed by atoms with van der Waals surface area (Å²) in [6.45, 7) is 6.47. The van der Waals surface area contributed by atoms with E-state index >= 15 is 0 Å². The van der Waals surface area contributed by atoms with E-state index < -0.39 is 0 Å². The second-order valence-electron chi connectivity index (χ2n) is 4.63. The third kappa shape index (κ3) is 1.90. The highest BCUT2D eigenvalue weighted by molar-refractivity contribution is 7.71. The molecule has 0 aliphatic carbocycles. The molecule has 0 unspecified atom stereocenters. The van der Waals surface area contributed by atoms with E-state index in [1.165, 1.54) is 12.1 Å². The molecule has 0 saturated carbocycles. The van der Waals surface area contributed by atoms with E-state index in [0.717, 1.165) is 23.9 Å². The predicted octanol–water partition coefficient (Wildman–Crippen LogP) is 4.37. The zero-order valence-corrected chi connectivity index (χ0v) is 11.2. The normalized spacial score (nSPS) is 12.2. The van der Waals surface area contributed by atoms with Crippen LogP contribution in [0.2, 0.25) is 0 Å². The van der Waals surface area contributed by atoms with Crippen LogP contribution >= 0.6 is 12.2 Å². The van der Waals surface area contributed by atoms with Crippen molar-refractivity contribution < 1.29 is 4.39 Å². The van der Waals surface area contributed by atoms with Crippen molar-refractivity contribution in [2.24, 2.45) is 0 Å². The lowest BCUT2D eigenvalue weighted by atomic mass is 9.95. The molecule has 2 aromatic rings. The largest absolute Gasteiger partial charge is 0.330 e. The quantitative estimate of drug-likeness (QED) is 0.804. The van der Waals surface area contributed by atoms with Gasteiger partial charge in [0.15, 0.2) is 4.77 Å². The lowest BCUT2D eigenvalue weighted by Gasteiger charge is -2.29. The van der Waals surface area contributed by atoms with Gasteiger partial charge in [0.2, 0.25) is 0 Å². The second kappa shape index (κ2) is 4.26. The minimum Gasteiger partial charge on any atom is -0.330 e. The Balaban J connectivity index is 2.77. The first-order valence-corrected chi connectivity index (χ1v) is 6.33. The number of aromatic nitrogens is 2. The van der Waals surface area contributed by atoms with Gasteiger partial charge in [-0.25, -0.2) is 4.39 Å². The van der Waals surface area contributed by atoms with Crippen molar-refractivity contribution in [2.75, 3.05) is 0 Å². The smallest absolute Gasteiger partial charge is 0.178 e. The fraction of sp³-hybridized carbons (Fsp3) is 0.462. The van der Waals surface area contributed by atoms with Crippen LogP contribution in [-0.2, 0) is 5.54 Å². The maximum Gasteiger partial charge on any atom is 0.178 e. The minimum absolute atomic E-state index is 0.0207. The third-order valence-electron chi connectivity index (χ3n) is 3.71. The number of H-pyrrole nitrogens is 1. The van der Waals surface area contributed by atoms with Crippen LogP contribution in [0.15, 0.2) is 18.2 Å². The number of benzene rings is 1. The Hall–Kier alpha value is -1.16. The molecule has 1 heterocycles.